The number of unbranched alkanes of at least 4 members (excludes halogenated alkanes) is 1. The van der Waals surface area contributed by atoms with Crippen molar-refractivity contribution >= 4 is 5.91 Å². The monoisotopic (exact) mass is 269 g/mol. The van der Waals surface area contributed by atoms with Crippen molar-refractivity contribution in [2.75, 3.05) is 26.2 Å². The first kappa shape index (κ1) is 16.4. The Morgan fingerprint density at radius 2 is 1.89 bits per heavy atom. The number of nitrogens with one attached hydrogen (secondary N) is 2. The summed E-state index contributed by atoms with van der Waals surface area (Å²) in [5, 5.41) is 6.57. The molecule has 1 fully saturated rings. The summed E-state index contributed by atoms with van der Waals surface area (Å²) in [7, 11) is 0. The molecular formula is C15H31N3O. The summed E-state index contributed by atoms with van der Waals surface area (Å²) in [4.78, 5) is 14.6. The molecule has 0 spiro atoms. The van der Waals surface area contributed by atoms with E-state index in [0.29, 0.717) is 6.04 Å². The van der Waals surface area contributed by atoms with Crippen LogP contribution in [0.5, 0.6) is 0 Å². The number of amides is 1. The summed E-state index contributed by atoms with van der Waals surface area (Å²) >= 11 is 0. The first-order valence-corrected chi connectivity index (χ1v) is 7.94. The van der Waals surface area contributed by atoms with Gasteiger partial charge in [0.05, 0.1) is 6.04 Å². The Morgan fingerprint density at radius 1 is 1.21 bits per heavy atom. The minimum Gasteiger partial charge on any atom is -0.352 e. The fraction of sp³-hybridized carbons (Fsp3) is 0.933. The van der Waals surface area contributed by atoms with E-state index in [1.165, 1.54) is 12.8 Å². The molecule has 0 aliphatic carbocycles. The van der Waals surface area contributed by atoms with Crippen LogP contribution in [-0.4, -0.2) is 49.1 Å². The van der Waals surface area contributed by atoms with Crippen LogP contribution < -0.4 is 10.6 Å². The number of rotatable bonds is 8. The van der Waals surface area contributed by atoms with Crippen molar-refractivity contribution in [1.82, 2.24) is 15.5 Å². The third-order valence-corrected chi connectivity index (χ3v) is 3.97. The largest absolute Gasteiger partial charge is 0.352 e. The molecule has 0 aromatic rings. The quantitative estimate of drug-likeness (QED) is 0.706. The predicted octanol–water partition coefficient (Wildman–Crippen LogP) is 1.76. The van der Waals surface area contributed by atoms with Crippen LogP contribution >= 0.6 is 0 Å². The molecule has 4 nitrogen and oxygen atoms in total. The van der Waals surface area contributed by atoms with Crippen LogP contribution in [0.2, 0.25) is 0 Å². The van der Waals surface area contributed by atoms with E-state index in [2.05, 4.69) is 29.4 Å². The second-order valence-corrected chi connectivity index (χ2v) is 5.60. The molecule has 0 radical (unpaired) electrons. The maximum absolute atomic E-state index is 12.3. The highest BCUT2D eigenvalue weighted by molar-refractivity contribution is 5.81. The highest BCUT2D eigenvalue weighted by Gasteiger charge is 2.24. The molecule has 1 amide bonds. The molecule has 2 atom stereocenters. The van der Waals surface area contributed by atoms with Gasteiger partial charge in [-0.1, -0.05) is 33.1 Å². The highest BCUT2D eigenvalue weighted by Crippen LogP contribution is 2.08. The average molecular weight is 269 g/mol. The van der Waals surface area contributed by atoms with E-state index >= 15 is 0 Å². The van der Waals surface area contributed by atoms with Crippen molar-refractivity contribution in [3.8, 4) is 0 Å². The topological polar surface area (TPSA) is 44.4 Å². The van der Waals surface area contributed by atoms with Crippen molar-refractivity contribution < 1.29 is 4.79 Å². The van der Waals surface area contributed by atoms with Gasteiger partial charge in [0.25, 0.3) is 0 Å². The van der Waals surface area contributed by atoms with Gasteiger partial charge in [-0.3, -0.25) is 9.69 Å². The minimum absolute atomic E-state index is 0.00285. The zero-order valence-corrected chi connectivity index (χ0v) is 12.9. The van der Waals surface area contributed by atoms with Crippen LogP contribution in [-0.2, 0) is 4.79 Å². The number of nitrogens with zero attached hydrogens (tertiary/aromatic N) is 1. The Bertz CT molecular complexity index is 252. The van der Waals surface area contributed by atoms with E-state index in [1.807, 2.05) is 6.92 Å². The SMILES string of the molecule is CCCCC(CCC)NC(=O)C(C)N1CCNCC1. The van der Waals surface area contributed by atoms with Crippen molar-refractivity contribution in [3.63, 3.8) is 0 Å². The number of hydrogen-bond acceptors (Lipinski definition) is 3. The summed E-state index contributed by atoms with van der Waals surface area (Å²) < 4.78 is 0. The number of carbonyl (C=O) groups is 1. The van der Waals surface area contributed by atoms with Crippen LogP contribution in [0.1, 0.15) is 52.9 Å². The first-order chi connectivity index (χ1) is 9.19. The molecule has 112 valence electrons. The molecule has 2 N–H and O–H groups in total. The summed E-state index contributed by atoms with van der Waals surface area (Å²) in [6.45, 7) is 10.4. The standard InChI is InChI=1S/C15H31N3O/c1-4-6-8-14(7-5-2)17-15(19)13(3)18-11-9-16-10-12-18/h13-14,16H,4-12H2,1-3H3,(H,17,19). The van der Waals surface area contributed by atoms with Crippen LogP contribution in [0.15, 0.2) is 0 Å². The van der Waals surface area contributed by atoms with Gasteiger partial charge in [-0.2, -0.15) is 0 Å². The molecule has 2 unspecified atom stereocenters. The average Bonchev–Trinajstić information content (AvgIpc) is 2.45. The lowest BCUT2D eigenvalue weighted by molar-refractivity contribution is -0.126. The maximum Gasteiger partial charge on any atom is 0.237 e. The Kier molecular flexibility index (Phi) is 8.07. The van der Waals surface area contributed by atoms with Crippen molar-refractivity contribution in [3.05, 3.63) is 0 Å². The Balaban J connectivity index is 2.40. The zero-order valence-electron chi connectivity index (χ0n) is 12.9. The number of carbonyl (C=O) groups excluding carboxylic acids is 1. The summed E-state index contributed by atoms with van der Waals surface area (Å²) in [5.41, 5.74) is 0. The second kappa shape index (κ2) is 9.32. The van der Waals surface area contributed by atoms with E-state index in [4.69, 9.17) is 0 Å². The molecular weight excluding hydrogens is 238 g/mol. The summed E-state index contributed by atoms with van der Waals surface area (Å²) in [6, 6.07) is 0.367. The lowest BCUT2D eigenvalue weighted by Gasteiger charge is -2.32. The predicted molar refractivity (Wildman–Crippen MR) is 80.3 cm³/mol. The molecule has 1 aliphatic heterocycles. The Morgan fingerprint density at radius 3 is 2.47 bits per heavy atom. The lowest BCUT2D eigenvalue weighted by Crippen LogP contribution is -2.54. The van der Waals surface area contributed by atoms with Crippen LogP contribution in [0, 0.1) is 0 Å². The van der Waals surface area contributed by atoms with Crippen molar-refractivity contribution in [2.24, 2.45) is 0 Å². The van der Waals surface area contributed by atoms with Gasteiger partial charge in [0.15, 0.2) is 0 Å². The third-order valence-electron chi connectivity index (χ3n) is 3.97. The van der Waals surface area contributed by atoms with Gasteiger partial charge in [0, 0.05) is 32.2 Å². The van der Waals surface area contributed by atoms with E-state index in [0.717, 1.165) is 45.4 Å². The molecule has 0 aromatic carbocycles. The second-order valence-electron chi connectivity index (χ2n) is 5.60. The lowest BCUT2D eigenvalue weighted by atomic mass is 10.0. The van der Waals surface area contributed by atoms with Crippen molar-refractivity contribution in [1.29, 1.82) is 0 Å². The van der Waals surface area contributed by atoms with Gasteiger partial charge in [-0.05, 0) is 19.8 Å². The fourth-order valence-corrected chi connectivity index (χ4v) is 2.64. The van der Waals surface area contributed by atoms with Crippen LogP contribution in [0.25, 0.3) is 0 Å². The fourth-order valence-electron chi connectivity index (χ4n) is 2.64. The first-order valence-electron chi connectivity index (χ1n) is 7.94. The normalized spacial score (nSPS) is 19.9. The molecule has 0 saturated carbocycles. The van der Waals surface area contributed by atoms with Crippen LogP contribution in [0.3, 0.4) is 0 Å². The van der Waals surface area contributed by atoms with Gasteiger partial charge in [-0.25, -0.2) is 0 Å². The zero-order chi connectivity index (χ0) is 14.1. The van der Waals surface area contributed by atoms with Gasteiger partial charge in [0.1, 0.15) is 0 Å². The number of hydrogen-bond donors (Lipinski definition) is 2. The molecule has 1 aliphatic rings. The van der Waals surface area contributed by atoms with Gasteiger partial charge >= 0.3 is 0 Å². The van der Waals surface area contributed by atoms with Gasteiger partial charge in [-0.15, -0.1) is 0 Å². The summed E-state index contributed by atoms with van der Waals surface area (Å²) in [5.74, 6) is 0.205. The third kappa shape index (κ3) is 5.91. The number of piperazine rings is 1. The van der Waals surface area contributed by atoms with Crippen molar-refractivity contribution in [2.45, 2.75) is 65.0 Å². The Hall–Kier alpha value is -0.610. The molecule has 19 heavy (non-hydrogen) atoms. The molecule has 4 heteroatoms. The maximum atomic E-state index is 12.3. The minimum atomic E-state index is 0.00285. The van der Waals surface area contributed by atoms with Gasteiger partial charge in [0.2, 0.25) is 5.91 Å². The van der Waals surface area contributed by atoms with E-state index in [1.54, 1.807) is 0 Å². The highest BCUT2D eigenvalue weighted by atomic mass is 16.2. The smallest absolute Gasteiger partial charge is 0.237 e. The van der Waals surface area contributed by atoms with E-state index < -0.39 is 0 Å². The van der Waals surface area contributed by atoms with E-state index in [-0.39, 0.29) is 11.9 Å². The van der Waals surface area contributed by atoms with Crippen LogP contribution in [0.4, 0.5) is 0 Å². The molecule has 0 aromatic heterocycles. The Labute approximate surface area is 118 Å². The molecule has 1 heterocycles. The summed E-state index contributed by atoms with van der Waals surface area (Å²) in [6.07, 6.45) is 5.75. The van der Waals surface area contributed by atoms with Gasteiger partial charge < -0.3 is 10.6 Å². The molecule has 1 saturated heterocycles. The molecule has 0 bridgehead atoms. The molecule has 1 rings (SSSR count). The van der Waals surface area contributed by atoms with E-state index in [9.17, 15) is 4.79 Å².